The van der Waals surface area contributed by atoms with Crippen LogP contribution in [0.3, 0.4) is 0 Å². The molecule has 30 heavy (non-hydrogen) atoms. The van der Waals surface area contributed by atoms with Crippen molar-refractivity contribution in [2.24, 2.45) is 0 Å². The van der Waals surface area contributed by atoms with Gasteiger partial charge in [-0.1, -0.05) is 54.6 Å². The third-order valence-corrected chi connectivity index (χ3v) is 4.98. The van der Waals surface area contributed by atoms with E-state index in [9.17, 15) is 4.79 Å². The van der Waals surface area contributed by atoms with E-state index < -0.39 is 0 Å². The summed E-state index contributed by atoms with van der Waals surface area (Å²) in [6.07, 6.45) is 1.30. The first kappa shape index (κ1) is 20.0. The summed E-state index contributed by atoms with van der Waals surface area (Å²) in [5.74, 6) is 1.61. The van der Waals surface area contributed by atoms with Crippen LogP contribution in [-0.2, 0) is 17.6 Å². The van der Waals surface area contributed by atoms with Crippen LogP contribution in [0.1, 0.15) is 11.1 Å². The normalized spacial score (nSPS) is 14.9. The molecule has 0 aromatic heterocycles. The van der Waals surface area contributed by atoms with E-state index in [1.54, 1.807) is 0 Å². The fraction of sp³-hybridized carbons (Fsp3) is 0.240. The Hall–Kier alpha value is -3.31. The molecule has 4 rings (SSSR count). The maximum Gasteiger partial charge on any atom is 0.228 e. The lowest BCUT2D eigenvalue weighted by Crippen LogP contribution is -2.39. The van der Waals surface area contributed by atoms with Gasteiger partial charge in [0.05, 0.1) is 6.42 Å². The van der Waals surface area contributed by atoms with Gasteiger partial charge in [-0.25, -0.2) is 0 Å². The van der Waals surface area contributed by atoms with Gasteiger partial charge in [-0.05, 0) is 48.4 Å². The molecule has 0 radical (unpaired) electrons. The minimum absolute atomic E-state index is 0.00751. The lowest BCUT2D eigenvalue weighted by atomic mass is 10.1. The summed E-state index contributed by atoms with van der Waals surface area (Å²) in [6, 6.07) is 25.5. The second-order valence-electron chi connectivity index (χ2n) is 7.36. The predicted molar refractivity (Wildman–Crippen MR) is 118 cm³/mol. The van der Waals surface area contributed by atoms with E-state index in [1.807, 2.05) is 66.7 Å². The Labute approximate surface area is 177 Å². The minimum Gasteiger partial charge on any atom is -0.486 e. The summed E-state index contributed by atoms with van der Waals surface area (Å²) < 4.78 is 11.7. The van der Waals surface area contributed by atoms with Crippen LogP contribution in [0.5, 0.6) is 11.5 Å². The number of nitrogens with one attached hydrogen (secondary N) is 2. The number of carbonyl (C=O) groups is 1. The van der Waals surface area contributed by atoms with E-state index in [0.29, 0.717) is 13.0 Å². The molecule has 1 atom stereocenters. The average molecular weight is 402 g/mol. The van der Waals surface area contributed by atoms with Gasteiger partial charge in [0, 0.05) is 12.2 Å². The highest BCUT2D eigenvalue weighted by molar-refractivity contribution is 5.92. The molecule has 5 heteroatoms. The van der Waals surface area contributed by atoms with Crippen LogP contribution in [-0.4, -0.2) is 31.7 Å². The van der Waals surface area contributed by atoms with Gasteiger partial charge in [0.1, 0.15) is 12.7 Å². The maximum atomic E-state index is 12.2. The van der Waals surface area contributed by atoms with Crippen molar-refractivity contribution in [1.82, 2.24) is 5.32 Å². The number of amides is 1. The van der Waals surface area contributed by atoms with Crippen molar-refractivity contribution in [2.45, 2.75) is 18.9 Å². The van der Waals surface area contributed by atoms with Gasteiger partial charge >= 0.3 is 0 Å². The summed E-state index contributed by atoms with van der Waals surface area (Å²) in [6.45, 7) is 2.14. The molecule has 0 bridgehead atoms. The summed E-state index contributed by atoms with van der Waals surface area (Å²) >= 11 is 0. The van der Waals surface area contributed by atoms with E-state index in [0.717, 1.165) is 42.3 Å². The first-order chi connectivity index (χ1) is 14.8. The number of anilines is 1. The number of carbonyl (C=O) groups excluding carboxylic acids is 1. The lowest BCUT2D eigenvalue weighted by Gasteiger charge is -2.26. The van der Waals surface area contributed by atoms with Gasteiger partial charge in [-0.15, -0.1) is 0 Å². The Morgan fingerprint density at radius 3 is 2.40 bits per heavy atom. The Morgan fingerprint density at radius 1 is 0.867 bits per heavy atom. The molecule has 1 unspecified atom stereocenters. The number of fused-ring (bicyclic) bond motifs is 1. The molecule has 3 aromatic rings. The largest absolute Gasteiger partial charge is 0.486 e. The molecule has 2 N–H and O–H groups in total. The molecule has 0 saturated carbocycles. The first-order valence-corrected chi connectivity index (χ1v) is 10.3. The highest BCUT2D eigenvalue weighted by Gasteiger charge is 2.19. The van der Waals surface area contributed by atoms with Crippen LogP contribution < -0.4 is 20.1 Å². The van der Waals surface area contributed by atoms with E-state index >= 15 is 0 Å². The number of rotatable bonds is 8. The number of para-hydroxylation sites is 2. The predicted octanol–water partition coefficient (Wildman–Crippen LogP) is 3.84. The Balaban J connectivity index is 1.17. The molecular formula is C25H26N2O3. The van der Waals surface area contributed by atoms with Crippen molar-refractivity contribution in [3.63, 3.8) is 0 Å². The number of hydrogen-bond donors (Lipinski definition) is 2. The SMILES string of the molecule is O=C(Cc1ccccc1)Nc1ccc(CCNCC2COc3ccccc3O2)cc1. The van der Waals surface area contributed by atoms with Gasteiger partial charge < -0.3 is 20.1 Å². The van der Waals surface area contributed by atoms with Crippen molar-refractivity contribution in [2.75, 3.05) is 25.0 Å². The zero-order valence-corrected chi connectivity index (χ0v) is 16.8. The molecular weight excluding hydrogens is 376 g/mol. The molecule has 1 heterocycles. The number of ether oxygens (including phenoxy) is 2. The molecule has 5 nitrogen and oxygen atoms in total. The first-order valence-electron chi connectivity index (χ1n) is 10.3. The Kier molecular flexibility index (Phi) is 6.62. The molecule has 0 spiro atoms. The van der Waals surface area contributed by atoms with E-state index in [4.69, 9.17) is 9.47 Å². The van der Waals surface area contributed by atoms with Gasteiger partial charge in [0.2, 0.25) is 5.91 Å². The topological polar surface area (TPSA) is 59.6 Å². The zero-order chi connectivity index (χ0) is 20.6. The molecule has 1 aliphatic heterocycles. The number of benzene rings is 3. The monoisotopic (exact) mass is 402 g/mol. The van der Waals surface area contributed by atoms with Crippen LogP contribution >= 0.6 is 0 Å². The third-order valence-electron chi connectivity index (χ3n) is 4.98. The molecule has 0 saturated heterocycles. The molecule has 1 aliphatic rings. The van der Waals surface area contributed by atoms with Crippen molar-refractivity contribution >= 4 is 11.6 Å². The average Bonchev–Trinajstić information content (AvgIpc) is 2.78. The highest BCUT2D eigenvalue weighted by atomic mass is 16.6. The van der Waals surface area contributed by atoms with Gasteiger partial charge in [0.15, 0.2) is 11.5 Å². The van der Waals surface area contributed by atoms with Crippen LogP contribution in [0.2, 0.25) is 0 Å². The fourth-order valence-corrected chi connectivity index (χ4v) is 3.40. The molecule has 0 aliphatic carbocycles. The second kappa shape index (κ2) is 9.94. The van der Waals surface area contributed by atoms with Gasteiger partial charge in [0.25, 0.3) is 0 Å². The summed E-state index contributed by atoms with van der Waals surface area (Å²) in [4.78, 5) is 12.2. The molecule has 154 valence electrons. The quantitative estimate of drug-likeness (QED) is 0.562. The van der Waals surface area contributed by atoms with Crippen molar-refractivity contribution in [1.29, 1.82) is 0 Å². The number of hydrogen-bond acceptors (Lipinski definition) is 4. The van der Waals surface area contributed by atoms with Gasteiger partial charge in [-0.3, -0.25) is 4.79 Å². The summed E-state index contributed by atoms with van der Waals surface area (Å²) in [7, 11) is 0. The van der Waals surface area contributed by atoms with Crippen LogP contribution in [0.4, 0.5) is 5.69 Å². The Bertz CT molecular complexity index is 958. The maximum absolute atomic E-state index is 12.2. The second-order valence-corrected chi connectivity index (χ2v) is 7.36. The lowest BCUT2D eigenvalue weighted by molar-refractivity contribution is -0.115. The molecule has 3 aromatic carbocycles. The fourth-order valence-electron chi connectivity index (χ4n) is 3.40. The smallest absolute Gasteiger partial charge is 0.228 e. The van der Waals surface area contributed by atoms with Crippen molar-refractivity contribution in [3.8, 4) is 11.5 Å². The van der Waals surface area contributed by atoms with E-state index in [1.165, 1.54) is 5.56 Å². The minimum atomic E-state index is -0.00751. The Morgan fingerprint density at radius 2 is 1.60 bits per heavy atom. The zero-order valence-electron chi connectivity index (χ0n) is 16.8. The van der Waals surface area contributed by atoms with Crippen LogP contribution in [0.15, 0.2) is 78.9 Å². The van der Waals surface area contributed by atoms with E-state index in [-0.39, 0.29) is 12.0 Å². The van der Waals surface area contributed by atoms with Crippen molar-refractivity contribution < 1.29 is 14.3 Å². The van der Waals surface area contributed by atoms with Gasteiger partial charge in [-0.2, -0.15) is 0 Å². The molecule has 1 amide bonds. The standard InChI is InChI=1S/C25H26N2O3/c28-25(16-20-6-2-1-3-7-20)27-21-12-10-19(11-13-21)14-15-26-17-22-18-29-23-8-4-5-9-24(23)30-22/h1-13,22,26H,14-18H2,(H,27,28). The molecule has 0 fully saturated rings. The van der Waals surface area contributed by atoms with Crippen molar-refractivity contribution in [3.05, 3.63) is 90.0 Å². The van der Waals surface area contributed by atoms with E-state index in [2.05, 4.69) is 22.8 Å². The summed E-state index contributed by atoms with van der Waals surface area (Å²) in [5, 5.41) is 6.38. The highest BCUT2D eigenvalue weighted by Crippen LogP contribution is 2.30. The van der Waals surface area contributed by atoms with Crippen LogP contribution in [0, 0.1) is 0 Å². The van der Waals surface area contributed by atoms with Crippen LogP contribution in [0.25, 0.3) is 0 Å². The summed E-state index contributed by atoms with van der Waals surface area (Å²) in [5.41, 5.74) is 3.04. The third kappa shape index (κ3) is 5.61.